The van der Waals surface area contributed by atoms with Gasteiger partial charge in [0.05, 0.1) is 17.1 Å². The number of carbonyl (C=O) groups excluding carboxylic acids is 1. The number of aliphatic hydroxyl groups excluding tert-OH is 1. The molecule has 8 heteroatoms. The number of hydrogen-bond acceptors (Lipinski definition) is 4. The second kappa shape index (κ2) is 7.78. The fraction of sp³-hybridized carbons (Fsp3) is 0.714. The molecule has 5 nitrogen and oxygen atoms in total. The first-order valence-electron chi connectivity index (χ1n) is 10.6. The number of hydrogen-bond donors (Lipinski definition) is 1. The first-order valence-corrected chi connectivity index (χ1v) is 10.6. The number of amides is 1. The van der Waals surface area contributed by atoms with Crippen LogP contribution in [0.4, 0.5) is 19.0 Å². The number of piperidine rings is 2. The first kappa shape index (κ1) is 20.4. The van der Waals surface area contributed by atoms with Gasteiger partial charge in [-0.25, -0.2) is 4.98 Å². The van der Waals surface area contributed by atoms with Gasteiger partial charge in [0.25, 0.3) is 0 Å². The van der Waals surface area contributed by atoms with Gasteiger partial charge in [0.15, 0.2) is 0 Å². The van der Waals surface area contributed by atoms with E-state index in [0.29, 0.717) is 45.2 Å². The van der Waals surface area contributed by atoms with Crippen LogP contribution in [-0.2, 0) is 11.0 Å². The van der Waals surface area contributed by atoms with E-state index in [9.17, 15) is 23.1 Å². The molecule has 1 spiro atoms. The number of anilines is 1. The van der Waals surface area contributed by atoms with E-state index in [-0.39, 0.29) is 30.4 Å². The van der Waals surface area contributed by atoms with E-state index < -0.39 is 17.2 Å². The molecule has 3 heterocycles. The van der Waals surface area contributed by atoms with Gasteiger partial charge in [-0.15, -0.1) is 0 Å². The van der Waals surface area contributed by atoms with Crippen LogP contribution in [-0.4, -0.2) is 52.7 Å². The lowest BCUT2D eigenvalue weighted by Gasteiger charge is -2.50. The Morgan fingerprint density at radius 2 is 1.79 bits per heavy atom. The lowest BCUT2D eigenvalue weighted by Crippen LogP contribution is -2.59. The summed E-state index contributed by atoms with van der Waals surface area (Å²) in [4.78, 5) is 21.2. The fourth-order valence-electron chi connectivity index (χ4n) is 5.38. The third-order valence-corrected chi connectivity index (χ3v) is 6.84. The van der Waals surface area contributed by atoms with Crippen LogP contribution in [0.15, 0.2) is 18.3 Å². The van der Waals surface area contributed by atoms with Crippen molar-refractivity contribution in [2.75, 3.05) is 24.5 Å². The maximum atomic E-state index is 13.5. The highest BCUT2D eigenvalue weighted by Gasteiger charge is 2.49. The van der Waals surface area contributed by atoms with E-state index in [1.54, 1.807) is 4.90 Å². The average molecular weight is 411 g/mol. The summed E-state index contributed by atoms with van der Waals surface area (Å²) in [6.45, 7) is 1.47. The number of nitrogens with zero attached hydrogens (tertiary/aromatic N) is 3. The minimum absolute atomic E-state index is 0.0650. The highest BCUT2D eigenvalue weighted by Crippen LogP contribution is 2.44. The minimum Gasteiger partial charge on any atom is -0.393 e. The predicted molar refractivity (Wildman–Crippen MR) is 102 cm³/mol. The van der Waals surface area contributed by atoms with Crippen LogP contribution in [0.3, 0.4) is 0 Å². The molecule has 1 aliphatic carbocycles. The van der Waals surface area contributed by atoms with Gasteiger partial charge < -0.3 is 14.9 Å². The average Bonchev–Trinajstić information content (AvgIpc) is 2.71. The van der Waals surface area contributed by atoms with Gasteiger partial charge in [0.1, 0.15) is 5.82 Å². The van der Waals surface area contributed by atoms with Crippen LogP contribution >= 0.6 is 0 Å². The van der Waals surface area contributed by atoms with Crippen LogP contribution in [0.2, 0.25) is 0 Å². The number of pyridine rings is 1. The van der Waals surface area contributed by atoms with Crippen LogP contribution < -0.4 is 4.90 Å². The molecule has 29 heavy (non-hydrogen) atoms. The van der Waals surface area contributed by atoms with Crippen LogP contribution in [0.25, 0.3) is 0 Å². The number of aliphatic hydroxyl groups is 1. The maximum Gasteiger partial charge on any atom is 0.419 e. The van der Waals surface area contributed by atoms with E-state index in [1.165, 1.54) is 12.3 Å². The van der Waals surface area contributed by atoms with E-state index in [1.807, 2.05) is 4.90 Å². The molecule has 1 aromatic heterocycles. The van der Waals surface area contributed by atoms with Gasteiger partial charge in [-0.05, 0) is 63.5 Å². The molecule has 2 aliphatic heterocycles. The molecule has 0 aromatic carbocycles. The monoisotopic (exact) mass is 411 g/mol. The lowest BCUT2D eigenvalue weighted by atomic mass is 9.72. The van der Waals surface area contributed by atoms with Gasteiger partial charge in [-0.2, -0.15) is 13.2 Å². The van der Waals surface area contributed by atoms with E-state index >= 15 is 0 Å². The Morgan fingerprint density at radius 3 is 2.48 bits per heavy atom. The number of halogens is 3. The summed E-state index contributed by atoms with van der Waals surface area (Å²) in [5, 5.41) is 9.78. The fourth-order valence-corrected chi connectivity index (χ4v) is 5.38. The first-order chi connectivity index (χ1) is 13.8. The number of carbonyl (C=O) groups is 1. The van der Waals surface area contributed by atoms with Gasteiger partial charge in [-0.3, -0.25) is 4.79 Å². The van der Waals surface area contributed by atoms with Crippen molar-refractivity contribution in [1.82, 2.24) is 9.88 Å². The zero-order chi connectivity index (χ0) is 20.6. The highest BCUT2D eigenvalue weighted by atomic mass is 19.4. The molecule has 1 saturated carbocycles. The molecule has 3 fully saturated rings. The third kappa shape index (κ3) is 3.96. The zero-order valence-corrected chi connectivity index (χ0v) is 16.5. The van der Waals surface area contributed by atoms with Crippen molar-refractivity contribution in [1.29, 1.82) is 0 Å². The van der Waals surface area contributed by atoms with E-state index in [2.05, 4.69) is 4.98 Å². The molecule has 0 radical (unpaired) electrons. The number of aromatic nitrogens is 1. The Labute approximate surface area is 168 Å². The van der Waals surface area contributed by atoms with Crippen molar-refractivity contribution in [3.05, 3.63) is 23.9 Å². The Hall–Kier alpha value is -1.83. The molecule has 0 bridgehead atoms. The predicted octanol–water partition coefficient (Wildman–Crippen LogP) is 3.61. The van der Waals surface area contributed by atoms with Crippen molar-refractivity contribution in [2.45, 2.75) is 69.7 Å². The molecule has 1 N–H and O–H groups in total. The largest absolute Gasteiger partial charge is 0.419 e. The second-order valence-corrected chi connectivity index (χ2v) is 8.74. The van der Waals surface area contributed by atoms with Crippen molar-refractivity contribution in [3.63, 3.8) is 0 Å². The number of alkyl halides is 3. The Kier molecular flexibility index (Phi) is 5.48. The minimum atomic E-state index is -4.47. The molecule has 1 amide bonds. The van der Waals surface area contributed by atoms with Crippen LogP contribution in [0, 0.1) is 5.41 Å². The van der Waals surface area contributed by atoms with Crippen LogP contribution in [0.5, 0.6) is 0 Å². The SMILES string of the molecule is O=C1N([C@H]2CC[C@H](O)CC2)CCCC12CCCN(c1ncccc1C(F)(F)F)C2. The molecule has 4 rings (SSSR count). The van der Waals surface area contributed by atoms with Crippen molar-refractivity contribution in [3.8, 4) is 0 Å². The molecule has 2 saturated heterocycles. The topological polar surface area (TPSA) is 56.7 Å². The molecule has 160 valence electrons. The molecule has 1 aromatic rings. The molecule has 1 unspecified atom stereocenters. The van der Waals surface area contributed by atoms with Crippen molar-refractivity contribution < 1.29 is 23.1 Å². The van der Waals surface area contributed by atoms with E-state index in [0.717, 1.165) is 25.3 Å². The quantitative estimate of drug-likeness (QED) is 0.808. The van der Waals surface area contributed by atoms with Crippen molar-refractivity contribution >= 4 is 11.7 Å². The summed E-state index contributed by atoms with van der Waals surface area (Å²) in [6.07, 6.45) is 2.60. The maximum absolute atomic E-state index is 13.5. The van der Waals surface area contributed by atoms with Crippen molar-refractivity contribution in [2.24, 2.45) is 5.41 Å². The Bertz CT molecular complexity index is 745. The smallest absolute Gasteiger partial charge is 0.393 e. The molecule has 1 atom stereocenters. The standard InChI is InChI=1S/C21H28F3N3O2/c22-21(23,24)17-4-1-11-25-18(17)26-12-2-9-20(14-26)10-3-13-27(19(20)29)15-5-7-16(28)8-6-15/h1,4,11,15-16,28H,2-3,5-10,12-14H2/t15-,16-,20?. The van der Waals surface area contributed by atoms with Gasteiger partial charge in [0.2, 0.25) is 5.91 Å². The second-order valence-electron chi connectivity index (χ2n) is 8.74. The summed E-state index contributed by atoms with van der Waals surface area (Å²) in [5.41, 5.74) is -1.37. The lowest BCUT2D eigenvalue weighted by molar-refractivity contribution is -0.151. The number of likely N-dealkylation sites (tertiary alicyclic amines) is 1. The Balaban J connectivity index is 1.56. The summed E-state index contributed by atoms with van der Waals surface area (Å²) in [6, 6.07) is 2.50. The normalized spacial score (nSPS) is 31.4. The molecular weight excluding hydrogens is 383 g/mol. The summed E-state index contributed by atoms with van der Waals surface area (Å²) < 4.78 is 40.5. The summed E-state index contributed by atoms with van der Waals surface area (Å²) in [7, 11) is 0. The van der Waals surface area contributed by atoms with E-state index in [4.69, 9.17) is 0 Å². The number of rotatable bonds is 2. The van der Waals surface area contributed by atoms with Gasteiger partial charge in [-0.1, -0.05) is 0 Å². The van der Waals surface area contributed by atoms with Gasteiger partial charge >= 0.3 is 6.18 Å². The molecular formula is C21H28F3N3O2. The highest BCUT2D eigenvalue weighted by molar-refractivity contribution is 5.85. The van der Waals surface area contributed by atoms with Gasteiger partial charge in [0, 0.05) is 31.9 Å². The zero-order valence-electron chi connectivity index (χ0n) is 16.5. The third-order valence-electron chi connectivity index (χ3n) is 6.84. The summed E-state index contributed by atoms with van der Waals surface area (Å²) in [5.74, 6) is 0.0177. The summed E-state index contributed by atoms with van der Waals surface area (Å²) >= 11 is 0. The molecule has 3 aliphatic rings. The van der Waals surface area contributed by atoms with Crippen LogP contribution in [0.1, 0.15) is 56.9 Å². The Morgan fingerprint density at radius 1 is 1.10 bits per heavy atom.